The molecule has 0 radical (unpaired) electrons. The van der Waals surface area contributed by atoms with Gasteiger partial charge in [0, 0.05) is 0 Å². The van der Waals surface area contributed by atoms with Crippen molar-refractivity contribution >= 4 is 17.1 Å². The van der Waals surface area contributed by atoms with Crippen molar-refractivity contribution in [3.63, 3.8) is 0 Å². The molecule has 27 heavy (non-hydrogen) atoms. The van der Waals surface area contributed by atoms with Crippen LogP contribution in [0, 0.1) is 0 Å². The summed E-state index contributed by atoms with van der Waals surface area (Å²) in [6, 6.07) is 17.5. The van der Waals surface area contributed by atoms with Gasteiger partial charge in [0.15, 0.2) is 0 Å². The number of benzene rings is 2. The monoisotopic (exact) mass is 364 g/mol. The maximum absolute atomic E-state index is 12.8. The van der Waals surface area contributed by atoms with Gasteiger partial charge in [0.1, 0.15) is 18.0 Å². The Morgan fingerprint density at radius 1 is 1.00 bits per heavy atom. The van der Waals surface area contributed by atoms with Crippen molar-refractivity contribution in [1.82, 2.24) is 0 Å². The van der Waals surface area contributed by atoms with Gasteiger partial charge < -0.3 is 9.47 Å². The molecule has 0 aromatic heterocycles. The molecule has 0 heterocycles. The third kappa shape index (κ3) is 5.85. The van der Waals surface area contributed by atoms with Crippen molar-refractivity contribution in [3.05, 3.63) is 78.4 Å². The van der Waals surface area contributed by atoms with Gasteiger partial charge in [-0.05, 0) is 56.0 Å². The molecule has 0 saturated carbocycles. The molecular formula is C24H28O3. The third-order valence-corrected chi connectivity index (χ3v) is 3.88. The van der Waals surface area contributed by atoms with E-state index in [4.69, 9.17) is 9.47 Å². The molecule has 2 aromatic carbocycles. The standard InChI is InChI=1S/C24H28O3/c1-6-17-26-23(25)22(21(7-2)18-11-9-8-10-12-18)19-13-15-20(16-14-19)27-24(3,4)5/h6,8-16H,1,7,17H2,2-5H3/b22-21+. The first-order chi connectivity index (χ1) is 12.9. The first-order valence-electron chi connectivity index (χ1n) is 9.21. The smallest absolute Gasteiger partial charge is 0.339 e. The molecule has 2 rings (SSSR count). The summed E-state index contributed by atoms with van der Waals surface area (Å²) < 4.78 is 11.3. The highest BCUT2D eigenvalue weighted by Crippen LogP contribution is 2.31. The fraction of sp³-hybridized carbons (Fsp3) is 0.292. The normalized spacial score (nSPS) is 12.1. The number of esters is 1. The van der Waals surface area contributed by atoms with E-state index in [1.807, 2.05) is 82.3 Å². The Labute approximate surface area is 162 Å². The lowest BCUT2D eigenvalue weighted by molar-refractivity contribution is -0.135. The predicted octanol–water partition coefficient (Wildman–Crippen LogP) is 5.91. The summed E-state index contributed by atoms with van der Waals surface area (Å²) in [5, 5.41) is 0. The third-order valence-electron chi connectivity index (χ3n) is 3.88. The van der Waals surface area contributed by atoms with E-state index in [0.717, 1.165) is 22.4 Å². The van der Waals surface area contributed by atoms with Gasteiger partial charge in [-0.15, -0.1) is 0 Å². The highest BCUT2D eigenvalue weighted by Gasteiger charge is 2.20. The molecule has 0 spiro atoms. The van der Waals surface area contributed by atoms with Crippen LogP contribution in [0.25, 0.3) is 11.1 Å². The summed E-state index contributed by atoms with van der Waals surface area (Å²) in [4.78, 5) is 12.8. The number of hydrogen-bond donors (Lipinski definition) is 0. The molecule has 0 N–H and O–H groups in total. The van der Waals surface area contributed by atoms with Crippen molar-refractivity contribution in [1.29, 1.82) is 0 Å². The van der Waals surface area contributed by atoms with Gasteiger partial charge in [-0.25, -0.2) is 4.79 Å². The molecule has 0 atom stereocenters. The summed E-state index contributed by atoms with van der Waals surface area (Å²) in [6.07, 6.45) is 2.28. The Balaban J connectivity index is 2.51. The summed E-state index contributed by atoms with van der Waals surface area (Å²) in [7, 11) is 0. The molecule has 0 aliphatic rings. The molecule has 3 heteroatoms. The number of carbonyl (C=O) groups excluding carboxylic acids is 1. The fourth-order valence-corrected chi connectivity index (χ4v) is 2.83. The largest absolute Gasteiger partial charge is 0.488 e. The number of allylic oxidation sites excluding steroid dienone is 1. The quantitative estimate of drug-likeness (QED) is 0.265. The van der Waals surface area contributed by atoms with E-state index in [9.17, 15) is 4.79 Å². The Hall–Kier alpha value is -2.81. The molecular weight excluding hydrogens is 336 g/mol. The summed E-state index contributed by atoms with van der Waals surface area (Å²) in [5.74, 6) is 0.419. The maximum Gasteiger partial charge on any atom is 0.339 e. The molecule has 0 saturated heterocycles. The Morgan fingerprint density at radius 2 is 1.63 bits per heavy atom. The first-order valence-corrected chi connectivity index (χ1v) is 9.21. The van der Waals surface area contributed by atoms with Crippen LogP contribution in [0.2, 0.25) is 0 Å². The van der Waals surface area contributed by atoms with E-state index in [0.29, 0.717) is 12.0 Å². The molecule has 0 unspecified atom stereocenters. The molecule has 2 aromatic rings. The van der Waals surface area contributed by atoms with Gasteiger partial charge >= 0.3 is 5.97 Å². The van der Waals surface area contributed by atoms with Gasteiger partial charge in [-0.3, -0.25) is 0 Å². The highest BCUT2D eigenvalue weighted by atomic mass is 16.5. The predicted molar refractivity (Wildman–Crippen MR) is 112 cm³/mol. The van der Waals surface area contributed by atoms with E-state index >= 15 is 0 Å². The van der Waals surface area contributed by atoms with E-state index in [-0.39, 0.29) is 18.2 Å². The van der Waals surface area contributed by atoms with E-state index in [1.54, 1.807) is 6.08 Å². The van der Waals surface area contributed by atoms with Gasteiger partial charge in [0.05, 0.1) is 5.57 Å². The zero-order chi connectivity index (χ0) is 19.9. The van der Waals surface area contributed by atoms with Crippen LogP contribution in [0.3, 0.4) is 0 Å². The number of ether oxygens (including phenoxy) is 2. The van der Waals surface area contributed by atoms with Crippen LogP contribution in [-0.4, -0.2) is 18.2 Å². The van der Waals surface area contributed by atoms with Gasteiger partial charge in [-0.1, -0.05) is 62.0 Å². The maximum atomic E-state index is 12.8. The molecule has 142 valence electrons. The average molecular weight is 364 g/mol. The van der Waals surface area contributed by atoms with Gasteiger partial charge in [0.2, 0.25) is 0 Å². The molecule has 0 amide bonds. The van der Waals surface area contributed by atoms with Crippen LogP contribution in [0.15, 0.2) is 67.3 Å². The van der Waals surface area contributed by atoms with Crippen molar-refractivity contribution in [2.75, 3.05) is 6.61 Å². The lowest BCUT2D eigenvalue weighted by Gasteiger charge is -2.21. The first kappa shape index (κ1) is 20.5. The zero-order valence-electron chi connectivity index (χ0n) is 16.6. The van der Waals surface area contributed by atoms with Crippen molar-refractivity contribution in [2.45, 2.75) is 39.7 Å². The van der Waals surface area contributed by atoms with Crippen molar-refractivity contribution < 1.29 is 14.3 Å². The highest BCUT2D eigenvalue weighted by molar-refractivity contribution is 6.24. The van der Waals surface area contributed by atoms with Crippen molar-refractivity contribution in [2.24, 2.45) is 0 Å². The topological polar surface area (TPSA) is 35.5 Å². The lowest BCUT2D eigenvalue weighted by atomic mass is 9.93. The van der Waals surface area contributed by atoms with E-state index in [2.05, 4.69) is 6.58 Å². The second-order valence-electron chi connectivity index (χ2n) is 7.20. The minimum atomic E-state index is -0.347. The van der Waals surface area contributed by atoms with Crippen LogP contribution in [0.5, 0.6) is 5.75 Å². The lowest BCUT2D eigenvalue weighted by Crippen LogP contribution is -2.22. The van der Waals surface area contributed by atoms with Crippen LogP contribution >= 0.6 is 0 Å². The van der Waals surface area contributed by atoms with Crippen molar-refractivity contribution in [3.8, 4) is 5.75 Å². The minimum absolute atomic E-state index is 0.180. The summed E-state index contributed by atoms with van der Waals surface area (Å²) in [6.45, 7) is 11.9. The Kier molecular flexibility index (Phi) is 7.00. The second-order valence-corrected chi connectivity index (χ2v) is 7.20. The van der Waals surface area contributed by atoms with Gasteiger partial charge in [0.25, 0.3) is 0 Å². The molecule has 0 aliphatic carbocycles. The molecule has 3 nitrogen and oxygen atoms in total. The summed E-state index contributed by atoms with van der Waals surface area (Å²) in [5.41, 5.74) is 3.08. The SMILES string of the molecule is C=CCOC(=O)/C(=C(\CC)c1ccccc1)c1ccc(OC(C)(C)C)cc1. The summed E-state index contributed by atoms with van der Waals surface area (Å²) >= 11 is 0. The van der Waals surface area contributed by atoms with Crippen LogP contribution in [0.1, 0.15) is 45.2 Å². The van der Waals surface area contributed by atoms with E-state index in [1.165, 1.54) is 0 Å². The molecule has 0 bridgehead atoms. The molecule has 0 fully saturated rings. The van der Waals surface area contributed by atoms with Crippen LogP contribution in [-0.2, 0) is 9.53 Å². The number of carbonyl (C=O) groups is 1. The minimum Gasteiger partial charge on any atom is -0.488 e. The molecule has 0 aliphatic heterocycles. The van der Waals surface area contributed by atoms with Crippen LogP contribution in [0.4, 0.5) is 0 Å². The average Bonchev–Trinajstić information content (AvgIpc) is 2.64. The Morgan fingerprint density at radius 3 is 2.15 bits per heavy atom. The number of hydrogen-bond acceptors (Lipinski definition) is 3. The Bertz CT molecular complexity index is 794. The number of rotatable bonds is 7. The fourth-order valence-electron chi connectivity index (χ4n) is 2.83. The van der Waals surface area contributed by atoms with Gasteiger partial charge in [-0.2, -0.15) is 0 Å². The zero-order valence-corrected chi connectivity index (χ0v) is 16.6. The van der Waals surface area contributed by atoms with Crippen LogP contribution < -0.4 is 4.74 Å². The second kappa shape index (κ2) is 9.22. The van der Waals surface area contributed by atoms with E-state index < -0.39 is 0 Å².